The van der Waals surface area contributed by atoms with Crippen molar-refractivity contribution in [1.82, 2.24) is 0 Å². The zero-order chi connectivity index (χ0) is 10.2. The molecule has 0 aromatic heterocycles. The van der Waals surface area contributed by atoms with Gasteiger partial charge in [-0.1, -0.05) is 18.2 Å². The van der Waals surface area contributed by atoms with Crippen molar-refractivity contribution in [2.24, 2.45) is 0 Å². The molecule has 0 spiro atoms. The fraction of sp³-hybridized carbons (Fsp3) is 0.417. The molecule has 2 rings (SSSR count). The first-order chi connectivity index (χ1) is 6.73. The summed E-state index contributed by atoms with van der Waals surface area (Å²) in [4.78, 5) is 11.1. The van der Waals surface area contributed by atoms with Gasteiger partial charge in [-0.2, -0.15) is 0 Å². The normalized spacial score (nSPS) is 24.7. The first-order valence-corrected chi connectivity index (χ1v) is 4.84. The van der Waals surface area contributed by atoms with E-state index in [1.54, 1.807) is 7.11 Å². The maximum atomic E-state index is 11.1. The number of methoxy groups -OCH3 is 1. The molecule has 0 saturated carbocycles. The average Bonchev–Trinajstić information content (AvgIpc) is 2.59. The summed E-state index contributed by atoms with van der Waals surface area (Å²) in [6.45, 7) is 2.08. The van der Waals surface area contributed by atoms with Gasteiger partial charge in [-0.15, -0.1) is 0 Å². The maximum Gasteiger partial charge on any atom is 0.156 e. The lowest BCUT2D eigenvalue weighted by Gasteiger charge is -2.21. The van der Waals surface area contributed by atoms with Crippen LogP contribution in [0.15, 0.2) is 18.2 Å². The fourth-order valence-electron chi connectivity index (χ4n) is 2.26. The highest BCUT2D eigenvalue weighted by Crippen LogP contribution is 2.39. The number of hydrogen-bond acceptors (Lipinski definition) is 2. The minimum Gasteiger partial charge on any atom is -0.366 e. The highest BCUT2D eigenvalue weighted by molar-refractivity contribution is 5.69. The predicted molar refractivity (Wildman–Crippen MR) is 54.3 cm³/mol. The van der Waals surface area contributed by atoms with Crippen LogP contribution in [-0.4, -0.2) is 13.4 Å². The molecule has 0 saturated heterocycles. The molecule has 0 fully saturated rings. The van der Waals surface area contributed by atoms with Crippen LogP contribution in [0.4, 0.5) is 0 Å². The van der Waals surface area contributed by atoms with Crippen molar-refractivity contribution >= 4 is 6.29 Å². The Balaban J connectivity index is 2.59. The Bertz CT molecular complexity index is 371. The Morgan fingerprint density at radius 2 is 2.29 bits per heavy atom. The van der Waals surface area contributed by atoms with E-state index in [1.165, 1.54) is 11.1 Å². The molecule has 0 aliphatic heterocycles. The lowest BCUT2D eigenvalue weighted by Crippen LogP contribution is -2.27. The molecular weight excluding hydrogens is 176 g/mol. The van der Waals surface area contributed by atoms with Gasteiger partial charge in [-0.3, -0.25) is 4.79 Å². The van der Waals surface area contributed by atoms with Crippen molar-refractivity contribution < 1.29 is 9.53 Å². The van der Waals surface area contributed by atoms with Crippen LogP contribution >= 0.6 is 0 Å². The minimum atomic E-state index is -0.679. The van der Waals surface area contributed by atoms with Gasteiger partial charge < -0.3 is 4.74 Å². The van der Waals surface area contributed by atoms with Crippen molar-refractivity contribution in [3.63, 3.8) is 0 Å². The smallest absolute Gasteiger partial charge is 0.156 e. The van der Waals surface area contributed by atoms with E-state index in [0.717, 1.165) is 24.7 Å². The Hall–Kier alpha value is -1.15. The second-order valence-electron chi connectivity index (χ2n) is 3.81. The quantitative estimate of drug-likeness (QED) is 0.666. The van der Waals surface area contributed by atoms with Crippen molar-refractivity contribution in [3.8, 4) is 0 Å². The standard InChI is InChI=1S/C12H14O2/c1-9-4-3-5-11-10(9)6-7-12(11,8-13)14-2/h3-5,8H,6-7H2,1-2H3. The van der Waals surface area contributed by atoms with Crippen LogP contribution in [0, 0.1) is 6.92 Å². The number of ether oxygens (including phenoxy) is 1. The highest BCUT2D eigenvalue weighted by Gasteiger charge is 2.39. The number of carbonyl (C=O) groups excluding carboxylic acids is 1. The number of aldehydes is 1. The number of benzene rings is 1. The van der Waals surface area contributed by atoms with E-state index in [1.807, 2.05) is 12.1 Å². The molecule has 1 unspecified atom stereocenters. The summed E-state index contributed by atoms with van der Waals surface area (Å²) >= 11 is 0. The largest absolute Gasteiger partial charge is 0.366 e. The summed E-state index contributed by atoms with van der Waals surface area (Å²) in [5.41, 5.74) is 2.90. The molecule has 0 amide bonds. The Morgan fingerprint density at radius 3 is 2.93 bits per heavy atom. The Morgan fingerprint density at radius 1 is 1.50 bits per heavy atom. The van der Waals surface area contributed by atoms with Crippen molar-refractivity contribution in [2.75, 3.05) is 7.11 Å². The van der Waals surface area contributed by atoms with E-state index in [-0.39, 0.29) is 0 Å². The zero-order valence-electron chi connectivity index (χ0n) is 8.54. The van der Waals surface area contributed by atoms with E-state index in [4.69, 9.17) is 4.74 Å². The molecule has 14 heavy (non-hydrogen) atoms. The van der Waals surface area contributed by atoms with Gasteiger partial charge in [-0.05, 0) is 36.5 Å². The molecule has 1 atom stereocenters. The highest BCUT2D eigenvalue weighted by atomic mass is 16.5. The van der Waals surface area contributed by atoms with E-state index >= 15 is 0 Å². The zero-order valence-corrected chi connectivity index (χ0v) is 8.54. The summed E-state index contributed by atoms with van der Waals surface area (Å²) in [5.74, 6) is 0. The second-order valence-corrected chi connectivity index (χ2v) is 3.81. The number of carbonyl (C=O) groups is 1. The molecule has 1 aliphatic rings. The molecule has 74 valence electrons. The molecule has 0 heterocycles. The van der Waals surface area contributed by atoms with Crippen LogP contribution in [0.3, 0.4) is 0 Å². The predicted octanol–water partition coefficient (Wildman–Crippen LogP) is 1.98. The van der Waals surface area contributed by atoms with Crippen molar-refractivity contribution in [1.29, 1.82) is 0 Å². The molecule has 0 radical (unpaired) electrons. The van der Waals surface area contributed by atoms with Gasteiger partial charge >= 0.3 is 0 Å². The second kappa shape index (κ2) is 3.21. The van der Waals surface area contributed by atoms with E-state index < -0.39 is 5.60 Å². The molecule has 2 heteroatoms. The number of hydrogen-bond donors (Lipinski definition) is 0. The summed E-state index contributed by atoms with van der Waals surface area (Å²) < 4.78 is 5.36. The van der Waals surface area contributed by atoms with Gasteiger partial charge in [0, 0.05) is 7.11 Å². The summed E-state index contributed by atoms with van der Waals surface area (Å²) in [6.07, 6.45) is 2.64. The van der Waals surface area contributed by atoms with Crippen LogP contribution in [0.5, 0.6) is 0 Å². The maximum absolute atomic E-state index is 11.1. The van der Waals surface area contributed by atoms with Crippen LogP contribution < -0.4 is 0 Å². The average molecular weight is 190 g/mol. The molecule has 2 nitrogen and oxygen atoms in total. The lowest BCUT2D eigenvalue weighted by molar-refractivity contribution is -0.128. The van der Waals surface area contributed by atoms with E-state index in [0.29, 0.717) is 0 Å². The van der Waals surface area contributed by atoms with Crippen LogP contribution in [0.2, 0.25) is 0 Å². The topological polar surface area (TPSA) is 26.3 Å². The van der Waals surface area contributed by atoms with Gasteiger partial charge in [-0.25, -0.2) is 0 Å². The fourth-order valence-corrected chi connectivity index (χ4v) is 2.26. The molecule has 0 N–H and O–H groups in total. The van der Waals surface area contributed by atoms with Crippen molar-refractivity contribution in [3.05, 3.63) is 34.9 Å². The molecule has 1 aliphatic carbocycles. The van der Waals surface area contributed by atoms with E-state index in [9.17, 15) is 4.79 Å². The number of fused-ring (bicyclic) bond motifs is 1. The molecule has 0 bridgehead atoms. The van der Waals surface area contributed by atoms with Gasteiger partial charge in [0.1, 0.15) is 5.60 Å². The lowest BCUT2D eigenvalue weighted by atomic mass is 9.96. The SMILES string of the molecule is COC1(C=O)CCc2c(C)cccc21. The van der Waals surface area contributed by atoms with Gasteiger partial charge in [0.05, 0.1) is 0 Å². The summed E-state index contributed by atoms with van der Waals surface area (Å²) in [7, 11) is 1.60. The van der Waals surface area contributed by atoms with Gasteiger partial charge in [0.25, 0.3) is 0 Å². The number of rotatable bonds is 2. The third-order valence-electron chi connectivity index (χ3n) is 3.17. The molecule has 1 aromatic carbocycles. The third kappa shape index (κ3) is 1.11. The summed E-state index contributed by atoms with van der Waals surface area (Å²) in [6, 6.07) is 6.05. The first kappa shape index (κ1) is 9.41. The third-order valence-corrected chi connectivity index (χ3v) is 3.17. The molecular formula is C12H14O2. The summed E-state index contributed by atoms with van der Waals surface area (Å²) in [5, 5.41) is 0. The van der Waals surface area contributed by atoms with Crippen LogP contribution in [-0.2, 0) is 21.6 Å². The Labute approximate surface area is 83.9 Å². The number of aryl methyl sites for hydroxylation is 1. The minimum absolute atomic E-state index is 0.679. The molecule has 1 aromatic rings. The monoisotopic (exact) mass is 190 g/mol. The Kier molecular flexibility index (Phi) is 2.16. The van der Waals surface area contributed by atoms with Crippen LogP contribution in [0.1, 0.15) is 23.1 Å². The van der Waals surface area contributed by atoms with Crippen LogP contribution in [0.25, 0.3) is 0 Å². The van der Waals surface area contributed by atoms with Crippen molar-refractivity contribution in [2.45, 2.75) is 25.4 Å². The van der Waals surface area contributed by atoms with E-state index in [2.05, 4.69) is 13.0 Å². The first-order valence-electron chi connectivity index (χ1n) is 4.84. The van der Waals surface area contributed by atoms with Gasteiger partial charge in [0.2, 0.25) is 0 Å². The van der Waals surface area contributed by atoms with Gasteiger partial charge in [0.15, 0.2) is 6.29 Å².